The molecule has 5 atom stereocenters. The Bertz CT molecular complexity index is 1630. The Balaban J connectivity index is 1.52. The summed E-state index contributed by atoms with van der Waals surface area (Å²) in [4.78, 5) is 45.1. The van der Waals surface area contributed by atoms with Gasteiger partial charge in [0.05, 0.1) is 13.2 Å². The molecule has 2 amide bonds. The van der Waals surface area contributed by atoms with Gasteiger partial charge in [-0.15, -0.1) is 0 Å². The van der Waals surface area contributed by atoms with E-state index in [1.54, 1.807) is 0 Å². The molecular formula is C35H42N4O7. The number of aromatic nitrogens is 1. The zero-order chi connectivity index (χ0) is 32.6. The van der Waals surface area contributed by atoms with E-state index >= 15 is 0 Å². The lowest BCUT2D eigenvalue weighted by atomic mass is 9.72. The number of fused-ring (bicyclic) bond motifs is 4. The fraction of sp³-hybridized carbons (Fsp3) is 0.486. The van der Waals surface area contributed by atoms with Crippen LogP contribution in [0.25, 0.3) is 0 Å². The van der Waals surface area contributed by atoms with Crippen LogP contribution in [-0.2, 0) is 26.2 Å². The van der Waals surface area contributed by atoms with Gasteiger partial charge in [-0.1, -0.05) is 76.8 Å². The molecule has 3 aromatic rings. The van der Waals surface area contributed by atoms with Gasteiger partial charge >= 0.3 is 5.97 Å². The van der Waals surface area contributed by atoms with Crippen molar-refractivity contribution in [3.63, 3.8) is 0 Å². The van der Waals surface area contributed by atoms with Crippen molar-refractivity contribution in [1.82, 2.24) is 15.6 Å². The molecule has 3 aliphatic rings. The number of oxazole rings is 1. The van der Waals surface area contributed by atoms with E-state index in [2.05, 4.69) is 22.9 Å². The molecule has 5 unspecified atom stereocenters. The van der Waals surface area contributed by atoms with Crippen LogP contribution < -0.4 is 20.7 Å². The molecule has 244 valence electrons. The Morgan fingerprint density at radius 2 is 1.91 bits per heavy atom. The molecule has 4 heterocycles. The van der Waals surface area contributed by atoms with E-state index < -0.39 is 41.7 Å². The largest absolute Gasteiger partial charge is 0.469 e. The summed E-state index contributed by atoms with van der Waals surface area (Å²) in [5.74, 6) is -0.754. The van der Waals surface area contributed by atoms with Crippen molar-refractivity contribution in [2.45, 2.75) is 95.5 Å². The van der Waals surface area contributed by atoms with Crippen LogP contribution in [0.5, 0.6) is 5.75 Å². The van der Waals surface area contributed by atoms with Gasteiger partial charge in [0.2, 0.25) is 11.8 Å². The third kappa shape index (κ3) is 5.40. The number of aryl methyl sites for hydroxylation is 1. The summed E-state index contributed by atoms with van der Waals surface area (Å²) in [6.45, 7) is 5.97. The number of anilines is 1. The first kappa shape index (κ1) is 31.6. The molecule has 3 aliphatic heterocycles. The van der Waals surface area contributed by atoms with E-state index in [1.807, 2.05) is 56.3 Å². The maximum Gasteiger partial charge on any atom is 0.331 e. The van der Waals surface area contributed by atoms with Gasteiger partial charge in [0.15, 0.2) is 23.7 Å². The number of carbonyl (C=O) groups excluding carboxylic acids is 3. The van der Waals surface area contributed by atoms with Crippen LogP contribution in [-0.4, -0.2) is 53.4 Å². The number of hydrogen-bond acceptors (Lipinski definition) is 9. The molecular weight excluding hydrogens is 588 g/mol. The number of unbranched alkanes of at least 4 members (excludes halogenated alkanes) is 3. The molecule has 1 spiro atoms. The van der Waals surface area contributed by atoms with Gasteiger partial charge in [-0.25, -0.2) is 9.78 Å². The van der Waals surface area contributed by atoms with Crippen molar-refractivity contribution in [1.29, 1.82) is 0 Å². The maximum absolute atomic E-state index is 14.3. The van der Waals surface area contributed by atoms with Crippen LogP contribution in [0.3, 0.4) is 0 Å². The summed E-state index contributed by atoms with van der Waals surface area (Å²) < 4.78 is 18.2. The Morgan fingerprint density at radius 3 is 2.67 bits per heavy atom. The number of rotatable bonds is 10. The van der Waals surface area contributed by atoms with Crippen LogP contribution in [0.1, 0.15) is 104 Å². The van der Waals surface area contributed by atoms with Gasteiger partial charge < -0.3 is 34.9 Å². The first-order valence-corrected chi connectivity index (χ1v) is 16.2. The number of ether oxygens (including phenoxy) is 2. The minimum atomic E-state index is -1.32. The third-order valence-electron chi connectivity index (χ3n) is 9.33. The zero-order valence-corrected chi connectivity index (χ0v) is 26.7. The third-order valence-corrected chi connectivity index (χ3v) is 9.33. The van der Waals surface area contributed by atoms with Crippen molar-refractivity contribution in [2.24, 2.45) is 5.92 Å². The molecule has 1 aromatic heterocycles. The number of para-hydroxylation sites is 1. The molecule has 46 heavy (non-hydrogen) atoms. The monoisotopic (exact) mass is 630 g/mol. The number of hydrogen-bond donors (Lipinski definition) is 4. The molecule has 0 saturated heterocycles. The average molecular weight is 631 g/mol. The molecule has 2 aromatic carbocycles. The number of aliphatic hydroxyl groups excluding tert-OH is 1. The number of benzene rings is 2. The Labute approximate surface area is 268 Å². The lowest BCUT2D eigenvalue weighted by molar-refractivity contribution is -0.146. The second-order valence-corrected chi connectivity index (χ2v) is 12.7. The predicted octanol–water partition coefficient (Wildman–Crippen LogP) is 4.52. The molecule has 6 rings (SSSR count). The van der Waals surface area contributed by atoms with Crippen LogP contribution in [0, 0.1) is 5.92 Å². The quantitative estimate of drug-likeness (QED) is 0.187. The van der Waals surface area contributed by atoms with Gasteiger partial charge in [-0.3, -0.25) is 9.59 Å². The molecule has 11 nitrogen and oxygen atoms in total. The van der Waals surface area contributed by atoms with E-state index in [1.165, 1.54) is 7.11 Å². The zero-order valence-electron chi connectivity index (χ0n) is 26.7. The van der Waals surface area contributed by atoms with E-state index in [0.717, 1.165) is 41.6 Å². The number of nitrogens with zero attached hydrogens (tertiary/aromatic N) is 1. The number of carbonyl (C=O) groups is 3. The second kappa shape index (κ2) is 12.8. The van der Waals surface area contributed by atoms with Gasteiger partial charge in [-0.05, 0) is 42.0 Å². The number of aliphatic hydroxyl groups is 1. The highest BCUT2D eigenvalue weighted by Gasteiger charge is 2.61. The Kier molecular flexibility index (Phi) is 8.78. The molecule has 0 saturated carbocycles. The lowest BCUT2D eigenvalue weighted by Crippen LogP contribution is -2.50. The van der Waals surface area contributed by atoms with Crippen LogP contribution in [0.2, 0.25) is 0 Å². The Morgan fingerprint density at radius 1 is 1.11 bits per heavy atom. The minimum Gasteiger partial charge on any atom is -0.469 e. The predicted molar refractivity (Wildman–Crippen MR) is 169 cm³/mol. The fourth-order valence-electron chi connectivity index (χ4n) is 6.89. The summed E-state index contributed by atoms with van der Waals surface area (Å²) in [5, 5.41) is 20.3. The maximum atomic E-state index is 14.3. The summed E-state index contributed by atoms with van der Waals surface area (Å²) in [5.41, 5.74) is 2.20. The first-order chi connectivity index (χ1) is 22.2. The van der Waals surface area contributed by atoms with Crippen LogP contribution in [0.4, 0.5) is 5.69 Å². The summed E-state index contributed by atoms with van der Waals surface area (Å²) in [7, 11) is 1.22. The highest BCUT2D eigenvalue weighted by Crippen LogP contribution is 2.58. The summed E-state index contributed by atoms with van der Waals surface area (Å²) >= 11 is 0. The van der Waals surface area contributed by atoms with Crippen molar-refractivity contribution in [2.75, 3.05) is 12.4 Å². The molecule has 0 aliphatic carbocycles. The van der Waals surface area contributed by atoms with E-state index in [-0.39, 0.29) is 35.6 Å². The van der Waals surface area contributed by atoms with Crippen molar-refractivity contribution in [3.8, 4) is 5.75 Å². The normalized spacial score (nSPS) is 22.3. The molecule has 4 bridgehead atoms. The van der Waals surface area contributed by atoms with Gasteiger partial charge in [0, 0.05) is 17.7 Å². The minimum absolute atomic E-state index is 0.0633. The average Bonchev–Trinajstić information content (AvgIpc) is 3.71. The standard InChI is InChI=1S/C35H42N4O7/c1-5-6-7-8-13-24(40)28(33(43)44-4)38-31(42)29-30-35-21-11-9-10-12-23(21)36-34(35)45-25-16-14-20(18-22(25)35)15-17-26(41)37-27(19(2)3)32(39-29)46-30/h9-12,14,16,18-19,24,27-28,34,36,40H,5-8,13,15,17H2,1-4H3,(H,37,41)(H,38,42). The van der Waals surface area contributed by atoms with Crippen LogP contribution >= 0.6 is 0 Å². The molecule has 0 fully saturated rings. The van der Waals surface area contributed by atoms with Gasteiger partial charge in [0.1, 0.15) is 17.2 Å². The smallest absolute Gasteiger partial charge is 0.331 e. The number of amides is 2. The number of nitrogens with one attached hydrogen (secondary N) is 3. The summed E-state index contributed by atoms with van der Waals surface area (Å²) in [6, 6.07) is 11.6. The van der Waals surface area contributed by atoms with E-state index in [0.29, 0.717) is 25.0 Å². The lowest BCUT2D eigenvalue weighted by Gasteiger charge is -2.28. The van der Waals surface area contributed by atoms with Gasteiger partial charge in [0.25, 0.3) is 5.91 Å². The Hall–Kier alpha value is -4.38. The van der Waals surface area contributed by atoms with Crippen molar-refractivity contribution in [3.05, 3.63) is 76.5 Å². The summed E-state index contributed by atoms with van der Waals surface area (Å²) in [6.07, 6.45) is 2.86. The first-order valence-electron chi connectivity index (χ1n) is 16.2. The van der Waals surface area contributed by atoms with Crippen molar-refractivity contribution >= 4 is 23.5 Å². The molecule has 4 N–H and O–H groups in total. The number of methoxy groups -OCH3 is 1. The highest BCUT2D eigenvalue weighted by molar-refractivity contribution is 5.97. The van der Waals surface area contributed by atoms with Gasteiger partial charge in [-0.2, -0.15) is 0 Å². The number of esters is 1. The van der Waals surface area contributed by atoms with E-state index in [9.17, 15) is 19.5 Å². The fourth-order valence-corrected chi connectivity index (χ4v) is 6.89. The van der Waals surface area contributed by atoms with Crippen molar-refractivity contribution < 1.29 is 33.4 Å². The van der Waals surface area contributed by atoms with E-state index in [4.69, 9.17) is 18.9 Å². The van der Waals surface area contributed by atoms with Crippen LogP contribution in [0.15, 0.2) is 46.9 Å². The topological polar surface area (TPSA) is 152 Å². The molecule has 11 heteroatoms. The highest BCUT2D eigenvalue weighted by atomic mass is 16.5. The molecule has 0 radical (unpaired) electrons. The second-order valence-electron chi connectivity index (χ2n) is 12.7. The SMILES string of the molecule is CCCCCCC(O)C(NC(=O)c1nc2oc1C13c4ccccc4NC1Oc1ccc(cc13)CCC(=O)NC2C(C)C)C(=O)OC.